The van der Waals surface area contributed by atoms with Crippen LogP contribution in [0.4, 0.5) is 17.6 Å². The fourth-order valence-corrected chi connectivity index (χ4v) is 3.04. The van der Waals surface area contributed by atoms with Crippen molar-refractivity contribution in [3.05, 3.63) is 73.7 Å². The molecule has 0 amide bonds. The normalized spacial score (nSPS) is 13.6. The number of carbonyl (C=O) groups is 1. The molecule has 0 radical (unpaired) electrons. The van der Waals surface area contributed by atoms with Gasteiger partial charge in [0.15, 0.2) is 0 Å². The van der Waals surface area contributed by atoms with Crippen LogP contribution in [0.1, 0.15) is 33.0 Å². The molecular formula is C18H11Cl3F4O2. The summed E-state index contributed by atoms with van der Waals surface area (Å²) in [5.74, 6) is -4.72. The van der Waals surface area contributed by atoms with E-state index in [-0.39, 0.29) is 37.3 Å². The summed E-state index contributed by atoms with van der Waals surface area (Å²) >= 11 is 17.3. The number of alkyl halides is 3. The van der Waals surface area contributed by atoms with Gasteiger partial charge in [0.25, 0.3) is 0 Å². The molecule has 2 aromatic carbocycles. The first-order valence-corrected chi connectivity index (χ1v) is 8.48. The Morgan fingerprint density at radius 2 is 1.67 bits per heavy atom. The van der Waals surface area contributed by atoms with E-state index in [4.69, 9.17) is 39.9 Å². The predicted octanol–water partition coefficient (Wildman–Crippen LogP) is 7.31. The van der Waals surface area contributed by atoms with Gasteiger partial charge in [-0.15, -0.1) is 0 Å². The summed E-state index contributed by atoms with van der Waals surface area (Å²) in [4.78, 5) is 11.0. The van der Waals surface area contributed by atoms with E-state index in [0.717, 1.165) is 30.3 Å². The summed E-state index contributed by atoms with van der Waals surface area (Å²) in [5, 5.41) is 8.49. The number of hydrogen-bond acceptors (Lipinski definition) is 1. The standard InChI is InChI=1S/C18H11Cl3F4O2/c1-8-4-9(2-3-11(8)17(26)27)15(22)7-12(18(23,24)25)10-5-13(19)16(21)14(20)6-10/h2-7,12H,1H3,(H,26,27)/b15-7-. The van der Waals surface area contributed by atoms with Crippen LogP contribution in [0, 0.1) is 6.92 Å². The molecule has 2 rings (SSSR count). The van der Waals surface area contributed by atoms with Crippen molar-refractivity contribution in [1.82, 2.24) is 0 Å². The van der Waals surface area contributed by atoms with Gasteiger partial charge >= 0.3 is 12.1 Å². The van der Waals surface area contributed by atoms with Crippen molar-refractivity contribution in [2.24, 2.45) is 0 Å². The lowest BCUT2D eigenvalue weighted by Crippen LogP contribution is -2.19. The van der Waals surface area contributed by atoms with E-state index in [1.54, 1.807) is 0 Å². The smallest absolute Gasteiger partial charge is 0.399 e. The number of allylic oxidation sites excluding steroid dienone is 1. The van der Waals surface area contributed by atoms with Gasteiger partial charge < -0.3 is 5.11 Å². The summed E-state index contributed by atoms with van der Waals surface area (Å²) in [7, 11) is 0. The lowest BCUT2D eigenvalue weighted by Gasteiger charge is -2.19. The van der Waals surface area contributed by atoms with Crippen LogP contribution in [-0.4, -0.2) is 17.3 Å². The van der Waals surface area contributed by atoms with Crippen LogP contribution in [0.15, 0.2) is 36.4 Å². The molecular weight excluding hydrogens is 431 g/mol. The molecule has 0 heterocycles. The largest absolute Gasteiger partial charge is 0.478 e. The van der Waals surface area contributed by atoms with E-state index >= 15 is 0 Å². The molecule has 1 N–H and O–H groups in total. The fourth-order valence-electron chi connectivity index (χ4n) is 2.43. The first-order valence-electron chi connectivity index (χ1n) is 7.34. The van der Waals surface area contributed by atoms with E-state index < -0.39 is 23.9 Å². The molecule has 0 bridgehead atoms. The van der Waals surface area contributed by atoms with Gasteiger partial charge in [0.05, 0.1) is 20.6 Å². The maximum Gasteiger partial charge on any atom is 0.399 e. The number of aryl methyl sites for hydroxylation is 1. The van der Waals surface area contributed by atoms with Crippen LogP contribution in [-0.2, 0) is 0 Å². The van der Waals surface area contributed by atoms with Crippen LogP contribution in [0.2, 0.25) is 15.1 Å². The van der Waals surface area contributed by atoms with Crippen molar-refractivity contribution in [1.29, 1.82) is 0 Å². The average Bonchev–Trinajstić information content (AvgIpc) is 2.55. The van der Waals surface area contributed by atoms with Crippen LogP contribution in [0.3, 0.4) is 0 Å². The topological polar surface area (TPSA) is 37.3 Å². The first-order chi connectivity index (χ1) is 12.4. The quantitative estimate of drug-likeness (QED) is 0.399. The van der Waals surface area contributed by atoms with Gasteiger partial charge in [-0.05, 0) is 48.4 Å². The van der Waals surface area contributed by atoms with Crippen molar-refractivity contribution < 1.29 is 27.5 Å². The highest BCUT2D eigenvalue weighted by atomic mass is 35.5. The molecule has 9 heteroatoms. The molecule has 0 fully saturated rings. The number of halogens is 7. The van der Waals surface area contributed by atoms with Crippen LogP contribution >= 0.6 is 34.8 Å². The van der Waals surface area contributed by atoms with Crippen molar-refractivity contribution in [2.45, 2.75) is 19.0 Å². The molecule has 0 spiro atoms. The summed E-state index contributed by atoms with van der Waals surface area (Å²) in [6, 6.07) is 5.31. The van der Waals surface area contributed by atoms with Gasteiger partial charge in [-0.25, -0.2) is 9.18 Å². The lowest BCUT2D eigenvalue weighted by molar-refractivity contribution is -0.139. The van der Waals surface area contributed by atoms with E-state index in [9.17, 15) is 22.4 Å². The molecule has 0 aromatic heterocycles. The van der Waals surface area contributed by atoms with E-state index in [1.807, 2.05) is 0 Å². The van der Waals surface area contributed by atoms with Gasteiger partial charge in [0, 0.05) is 5.56 Å². The van der Waals surface area contributed by atoms with Gasteiger partial charge in [0.2, 0.25) is 0 Å². The van der Waals surface area contributed by atoms with Crippen molar-refractivity contribution >= 4 is 46.6 Å². The third kappa shape index (κ3) is 4.94. The van der Waals surface area contributed by atoms with Gasteiger partial charge in [0.1, 0.15) is 11.7 Å². The number of carboxylic acids is 1. The molecule has 1 atom stereocenters. The predicted molar refractivity (Wildman–Crippen MR) is 97.5 cm³/mol. The maximum absolute atomic E-state index is 14.5. The molecule has 0 saturated carbocycles. The summed E-state index contributed by atoms with van der Waals surface area (Å²) in [6.07, 6.45) is -4.45. The van der Waals surface area contributed by atoms with E-state index in [0.29, 0.717) is 6.08 Å². The fraction of sp³-hybridized carbons (Fsp3) is 0.167. The minimum Gasteiger partial charge on any atom is -0.478 e. The van der Waals surface area contributed by atoms with Gasteiger partial charge in [-0.2, -0.15) is 13.2 Å². The number of carboxylic acid groups (broad SMARTS) is 1. The second-order valence-electron chi connectivity index (χ2n) is 5.67. The second-order valence-corrected chi connectivity index (χ2v) is 6.86. The van der Waals surface area contributed by atoms with E-state index in [2.05, 4.69) is 0 Å². The molecule has 2 aromatic rings. The summed E-state index contributed by atoms with van der Waals surface area (Å²) < 4.78 is 55.0. The molecule has 144 valence electrons. The van der Waals surface area contributed by atoms with Crippen molar-refractivity contribution in [3.63, 3.8) is 0 Å². The first kappa shape index (κ1) is 21.5. The highest BCUT2D eigenvalue weighted by molar-refractivity contribution is 6.48. The minimum absolute atomic E-state index is 0.0739. The zero-order chi connectivity index (χ0) is 20.5. The Hall–Kier alpha value is -1.76. The molecule has 2 nitrogen and oxygen atoms in total. The summed E-state index contributed by atoms with van der Waals surface area (Å²) in [5.41, 5.74) is -0.422. The Kier molecular flexibility index (Phi) is 6.45. The maximum atomic E-state index is 14.5. The zero-order valence-corrected chi connectivity index (χ0v) is 15.8. The molecule has 0 aliphatic heterocycles. The van der Waals surface area contributed by atoms with Crippen molar-refractivity contribution in [2.75, 3.05) is 0 Å². The second kappa shape index (κ2) is 8.09. The van der Waals surface area contributed by atoms with Crippen LogP contribution in [0.5, 0.6) is 0 Å². The van der Waals surface area contributed by atoms with Crippen LogP contribution in [0.25, 0.3) is 5.83 Å². The Labute approximate surface area is 167 Å². The van der Waals surface area contributed by atoms with E-state index in [1.165, 1.54) is 6.92 Å². The Balaban J connectivity index is 2.53. The lowest BCUT2D eigenvalue weighted by atomic mass is 9.96. The molecule has 27 heavy (non-hydrogen) atoms. The third-order valence-electron chi connectivity index (χ3n) is 3.76. The summed E-state index contributed by atoms with van der Waals surface area (Å²) in [6.45, 7) is 1.42. The molecule has 0 aliphatic carbocycles. The van der Waals surface area contributed by atoms with Crippen molar-refractivity contribution in [3.8, 4) is 0 Å². The Morgan fingerprint density at radius 1 is 1.11 bits per heavy atom. The third-order valence-corrected chi connectivity index (χ3v) is 4.96. The Bertz CT molecular complexity index is 900. The van der Waals surface area contributed by atoms with Gasteiger partial charge in [-0.1, -0.05) is 40.9 Å². The monoisotopic (exact) mass is 440 g/mol. The number of aromatic carboxylic acids is 1. The minimum atomic E-state index is -4.83. The SMILES string of the molecule is Cc1cc(/C(F)=C/C(c2cc(Cl)c(Cl)c(Cl)c2)C(F)(F)F)ccc1C(=O)O. The highest BCUT2D eigenvalue weighted by Gasteiger charge is 2.40. The average molecular weight is 442 g/mol. The number of hydrogen-bond donors (Lipinski definition) is 1. The molecule has 0 saturated heterocycles. The van der Waals surface area contributed by atoms with Crippen LogP contribution < -0.4 is 0 Å². The Morgan fingerprint density at radius 3 is 2.11 bits per heavy atom. The van der Waals surface area contributed by atoms with Gasteiger partial charge in [-0.3, -0.25) is 0 Å². The zero-order valence-electron chi connectivity index (χ0n) is 13.5. The highest BCUT2D eigenvalue weighted by Crippen LogP contribution is 2.42. The number of benzene rings is 2. The number of rotatable bonds is 4. The molecule has 1 unspecified atom stereocenters. The molecule has 0 aliphatic rings.